The fourth-order valence-corrected chi connectivity index (χ4v) is 2.17. The van der Waals surface area contributed by atoms with E-state index < -0.39 is 0 Å². The Morgan fingerprint density at radius 2 is 2.08 bits per heavy atom. The molecule has 1 nitrogen and oxygen atoms in total. The lowest BCUT2D eigenvalue weighted by atomic mass is 10.1. The molecule has 0 saturated carbocycles. The van der Waals surface area contributed by atoms with Crippen molar-refractivity contribution in [2.24, 2.45) is 5.73 Å². The largest absolute Gasteiger partial charge is 0.324 e. The molecule has 0 radical (unpaired) electrons. The summed E-state index contributed by atoms with van der Waals surface area (Å²) in [4.78, 5) is 0. The number of nitrogens with two attached hydrogens (primary N) is 1. The highest BCUT2D eigenvalue weighted by atomic mass is 35.5. The monoisotopic (exact) mass is 201 g/mol. The highest BCUT2D eigenvalue weighted by Gasteiger charge is 2.22. The van der Waals surface area contributed by atoms with Crippen LogP contribution in [0.3, 0.4) is 0 Å². The van der Waals surface area contributed by atoms with Gasteiger partial charge < -0.3 is 5.73 Å². The first-order valence-electron chi connectivity index (χ1n) is 3.92. The third-order valence-corrected chi connectivity index (χ3v) is 3.14. The molecule has 0 spiro atoms. The van der Waals surface area contributed by atoms with Crippen LogP contribution in [0.4, 0.5) is 0 Å². The zero-order chi connectivity index (χ0) is 8.72. The minimum absolute atomic E-state index is 0.0752. The molecule has 64 valence electrons. The molecule has 1 aliphatic rings. The van der Waals surface area contributed by atoms with Gasteiger partial charge in [-0.2, -0.15) is 0 Å². The first kappa shape index (κ1) is 8.36. The maximum absolute atomic E-state index is 6.02. The lowest BCUT2D eigenvalue weighted by molar-refractivity contribution is 0.713. The first-order valence-corrected chi connectivity index (χ1v) is 4.68. The molecule has 1 atom stereocenters. The van der Waals surface area contributed by atoms with Gasteiger partial charge in [0.1, 0.15) is 0 Å². The Bertz CT molecular complexity index is 323. The molecule has 1 aliphatic carbocycles. The maximum Gasteiger partial charge on any atom is 0.0642 e. The molecular weight excluding hydrogens is 193 g/mol. The fourth-order valence-electron chi connectivity index (χ4n) is 1.68. The van der Waals surface area contributed by atoms with E-state index in [-0.39, 0.29) is 6.04 Å². The highest BCUT2D eigenvalue weighted by Crippen LogP contribution is 2.38. The van der Waals surface area contributed by atoms with Crippen molar-refractivity contribution in [3.63, 3.8) is 0 Å². The van der Waals surface area contributed by atoms with E-state index in [1.807, 2.05) is 12.1 Å². The lowest BCUT2D eigenvalue weighted by Crippen LogP contribution is -2.05. The summed E-state index contributed by atoms with van der Waals surface area (Å²) in [6.45, 7) is 0. The van der Waals surface area contributed by atoms with Gasteiger partial charge in [0.25, 0.3) is 0 Å². The molecule has 0 unspecified atom stereocenters. The zero-order valence-corrected chi connectivity index (χ0v) is 7.99. The van der Waals surface area contributed by atoms with Crippen molar-refractivity contribution in [3.05, 3.63) is 33.3 Å². The Morgan fingerprint density at radius 1 is 1.33 bits per heavy atom. The molecule has 2 rings (SSSR count). The molecule has 0 aliphatic heterocycles. The van der Waals surface area contributed by atoms with Gasteiger partial charge >= 0.3 is 0 Å². The Hall–Kier alpha value is -0.240. The van der Waals surface area contributed by atoms with Gasteiger partial charge in [0.05, 0.1) is 10.0 Å². The predicted molar refractivity (Wildman–Crippen MR) is 51.7 cm³/mol. The average molecular weight is 202 g/mol. The average Bonchev–Trinajstić information content (AvgIpc) is 2.41. The summed E-state index contributed by atoms with van der Waals surface area (Å²) < 4.78 is 0. The van der Waals surface area contributed by atoms with E-state index in [9.17, 15) is 0 Å². The van der Waals surface area contributed by atoms with Crippen LogP contribution in [-0.2, 0) is 6.42 Å². The van der Waals surface area contributed by atoms with Crippen LogP contribution in [0.15, 0.2) is 12.1 Å². The second-order valence-electron chi connectivity index (χ2n) is 3.08. The van der Waals surface area contributed by atoms with Crippen LogP contribution in [0.1, 0.15) is 23.6 Å². The van der Waals surface area contributed by atoms with E-state index in [0.29, 0.717) is 10.0 Å². The Balaban J connectivity index is 2.63. The summed E-state index contributed by atoms with van der Waals surface area (Å²) in [6, 6.07) is 3.92. The van der Waals surface area contributed by atoms with Crippen LogP contribution < -0.4 is 5.73 Å². The third-order valence-electron chi connectivity index (χ3n) is 2.32. The van der Waals surface area contributed by atoms with Crippen LogP contribution >= 0.6 is 23.2 Å². The maximum atomic E-state index is 6.02. The van der Waals surface area contributed by atoms with Gasteiger partial charge in [0.2, 0.25) is 0 Å². The summed E-state index contributed by atoms with van der Waals surface area (Å²) in [5.41, 5.74) is 8.17. The molecule has 1 aromatic carbocycles. The van der Waals surface area contributed by atoms with Gasteiger partial charge in [-0.05, 0) is 30.0 Å². The molecule has 12 heavy (non-hydrogen) atoms. The summed E-state index contributed by atoms with van der Waals surface area (Å²) >= 11 is 11.9. The number of benzene rings is 1. The second-order valence-corrected chi connectivity index (χ2v) is 3.86. The number of halogens is 2. The molecule has 0 fully saturated rings. The smallest absolute Gasteiger partial charge is 0.0642 e. The van der Waals surface area contributed by atoms with Gasteiger partial charge in [-0.3, -0.25) is 0 Å². The van der Waals surface area contributed by atoms with Crippen LogP contribution in [0, 0.1) is 0 Å². The predicted octanol–water partition coefficient (Wildman–Crippen LogP) is 2.94. The normalized spacial score (nSPS) is 21.1. The second kappa shape index (κ2) is 2.91. The molecule has 0 bridgehead atoms. The summed E-state index contributed by atoms with van der Waals surface area (Å²) in [5.74, 6) is 0. The minimum Gasteiger partial charge on any atom is -0.324 e. The van der Waals surface area contributed by atoms with E-state index in [2.05, 4.69) is 0 Å². The van der Waals surface area contributed by atoms with Crippen molar-refractivity contribution in [1.29, 1.82) is 0 Å². The molecule has 3 heteroatoms. The van der Waals surface area contributed by atoms with Gasteiger partial charge in [-0.25, -0.2) is 0 Å². The SMILES string of the molecule is N[C@H]1CCc2ccc(Cl)c(Cl)c21. The van der Waals surface area contributed by atoms with Gasteiger partial charge in [0.15, 0.2) is 0 Å². The van der Waals surface area contributed by atoms with Crippen LogP contribution in [0.25, 0.3) is 0 Å². The van der Waals surface area contributed by atoms with Crippen molar-refractivity contribution in [1.82, 2.24) is 0 Å². The Morgan fingerprint density at radius 3 is 2.83 bits per heavy atom. The molecule has 0 saturated heterocycles. The Kier molecular flexibility index (Phi) is 2.03. The van der Waals surface area contributed by atoms with Crippen LogP contribution in [0.5, 0.6) is 0 Å². The topological polar surface area (TPSA) is 26.0 Å². The minimum atomic E-state index is 0.0752. The van der Waals surface area contributed by atoms with Gasteiger partial charge in [0, 0.05) is 6.04 Å². The number of rotatable bonds is 0. The van der Waals surface area contributed by atoms with Crippen molar-refractivity contribution in [3.8, 4) is 0 Å². The van der Waals surface area contributed by atoms with Gasteiger partial charge in [-0.1, -0.05) is 29.3 Å². The molecule has 2 N–H and O–H groups in total. The number of hydrogen-bond donors (Lipinski definition) is 1. The van der Waals surface area contributed by atoms with E-state index >= 15 is 0 Å². The van der Waals surface area contributed by atoms with Crippen LogP contribution in [-0.4, -0.2) is 0 Å². The van der Waals surface area contributed by atoms with E-state index in [0.717, 1.165) is 18.4 Å². The molecule has 0 heterocycles. The van der Waals surface area contributed by atoms with Crippen molar-refractivity contribution in [2.45, 2.75) is 18.9 Å². The Labute approximate surface area is 81.5 Å². The highest BCUT2D eigenvalue weighted by molar-refractivity contribution is 6.42. The van der Waals surface area contributed by atoms with E-state index in [1.54, 1.807) is 0 Å². The number of aryl methyl sites for hydroxylation is 1. The van der Waals surface area contributed by atoms with Crippen molar-refractivity contribution >= 4 is 23.2 Å². The van der Waals surface area contributed by atoms with E-state index in [1.165, 1.54) is 5.56 Å². The fraction of sp³-hybridized carbons (Fsp3) is 0.333. The quantitative estimate of drug-likeness (QED) is 0.687. The zero-order valence-electron chi connectivity index (χ0n) is 6.48. The van der Waals surface area contributed by atoms with Crippen molar-refractivity contribution in [2.75, 3.05) is 0 Å². The summed E-state index contributed by atoms with van der Waals surface area (Å²) in [6.07, 6.45) is 2.00. The number of fused-ring (bicyclic) bond motifs is 1. The standard InChI is InChI=1S/C9H9Cl2N/c10-6-3-1-5-2-4-7(12)8(5)9(6)11/h1,3,7H,2,4,12H2/t7-/m0/s1. The van der Waals surface area contributed by atoms with Crippen LogP contribution in [0.2, 0.25) is 10.0 Å². The molecule has 0 amide bonds. The first-order chi connectivity index (χ1) is 5.70. The molecule has 1 aromatic rings. The molecule has 0 aromatic heterocycles. The summed E-state index contributed by atoms with van der Waals surface area (Å²) in [5, 5.41) is 1.24. The van der Waals surface area contributed by atoms with Gasteiger partial charge in [-0.15, -0.1) is 0 Å². The lowest BCUT2D eigenvalue weighted by Gasteiger charge is -2.07. The molecular formula is C9H9Cl2N. The number of hydrogen-bond acceptors (Lipinski definition) is 1. The third kappa shape index (κ3) is 1.13. The summed E-state index contributed by atoms with van der Waals surface area (Å²) in [7, 11) is 0. The van der Waals surface area contributed by atoms with E-state index in [4.69, 9.17) is 28.9 Å². The van der Waals surface area contributed by atoms with Crippen molar-refractivity contribution < 1.29 is 0 Å².